The van der Waals surface area contributed by atoms with E-state index in [1.54, 1.807) is 0 Å². The topological polar surface area (TPSA) is 116 Å². The number of allylic oxidation sites excluding steroid dienone is 12. The van der Waals surface area contributed by atoms with Crippen molar-refractivity contribution in [3.05, 3.63) is 96.7 Å². The normalized spacial score (nSPS) is 13.8. The number of amides is 2. The maximum Gasteiger partial charge on any atom is 0.339 e. The van der Waals surface area contributed by atoms with Crippen LogP contribution in [-0.4, -0.2) is 34.0 Å². The number of phenols is 1. The zero-order chi connectivity index (χ0) is 32.6. The molecule has 0 fully saturated rings. The molecule has 0 spiro atoms. The first kappa shape index (κ1) is 37.9. The van der Waals surface area contributed by atoms with Gasteiger partial charge in [-0.3, -0.25) is 9.59 Å². The fourth-order valence-electron chi connectivity index (χ4n) is 4.25. The molecule has 0 aromatic heterocycles. The average molecular weight is 605 g/mol. The summed E-state index contributed by atoms with van der Waals surface area (Å²) in [7, 11) is 0. The number of aromatic carboxylic acids is 1. The van der Waals surface area contributed by atoms with Gasteiger partial charge in [-0.1, -0.05) is 101 Å². The van der Waals surface area contributed by atoms with Crippen LogP contribution in [0.5, 0.6) is 5.75 Å². The lowest BCUT2D eigenvalue weighted by Crippen LogP contribution is -2.46. The van der Waals surface area contributed by atoms with Crippen LogP contribution in [-0.2, 0) is 9.59 Å². The third kappa shape index (κ3) is 17.1. The van der Waals surface area contributed by atoms with Gasteiger partial charge in [-0.25, -0.2) is 4.79 Å². The van der Waals surface area contributed by atoms with Gasteiger partial charge in [-0.15, -0.1) is 0 Å². The standard InChI is InChI=1S/C37H52N2O5/c1-5-7-8-9-10-11-12-13-14-15-16-17-18-19-20-21-22-23-24-30(6-2)35(41)39-33(27-29(3)4)36(42)38-31-25-26-34(40)32(28-31)37(43)44/h7-8,10-11,13-14,16-17,19-20,22-23,25-26,28-30,33,40H,5-6,9,12,15,18,21,24,27H2,1-4H3,(H,38,42)(H,39,41)(H,43,44). The highest BCUT2D eigenvalue weighted by Gasteiger charge is 2.25. The molecule has 1 aromatic carbocycles. The second kappa shape index (κ2) is 23.3. The summed E-state index contributed by atoms with van der Waals surface area (Å²) >= 11 is 0. The molecule has 0 aliphatic carbocycles. The molecule has 44 heavy (non-hydrogen) atoms. The van der Waals surface area contributed by atoms with E-state index in [1.807, 2.05) is 32.9 Å². The van der Waals surface area contributed by atoms with E-state index in [2.05, 4.69) is 78.3 Å². The first-order valence-corrected chi connectivity index (χ1v) is 15.8. The number of aromatic hydroxyl groups is 1. The van der Waals surface area contributed by atoms with Crippen LogP contribution < -0.4 is 10.6 Å². The molecule has 7 nitrogen and oxygen atoms in total. The Morgan fingerprint density at radius 1 is 0.750 bits per heavy atom. The average Bonchev–Trinajstić information content (AvgIpc) is 2.98. The summed E-state index contributed by atoms with van der Waals surface area (Å²) in [5, 5.41) is 24.5. The van der Waals surface area contributed by atoms with Gasteiger partial charge in [-0.2, -0.15) is 0 Å². The molecule has 0 heterocycles. The van der Waals surface area contributed by atoms with Gasteiger partial charge < -0.3 is 20.8 Å². The molecule has 0 saturated carbocycles. The minimum Gasteiger partial charge on any atom is -0.507 e. The van der Waals surface area contributed by atoms with Crippen molar-refractivity contribution in [2.24, 2.45) is 11.8 Å². The Balaban J connectivity index is 2.48. The summed E-state index contributed by atoms with van der Waals surface area (Å²) in [4.78, 5) is 37.4. The van der Waals surface area contributed by atoms with Crippen molar-refractivity contribution in [3.63, 3.8) is 0 Å². The van der Waals surface area contributed by atoms with Gasteiger partial charge >= 0.3 is 5.97 Å². The maximum atomic E-state index is 13.1. The lowest BCUT2D eigenvalue weighted by atomic mass is 9.98. The van der Waals surface area contributed by atoms with Crippen molar-refractivity contribution >= 4 is 23.5 Å². The highest BCUT2D eigenvalue weighted by molar-refractivity contribution is 5.99. The fraction of sp³-hybridized carbons (Fsp3) is 0.432. The van der Waals surface area contributed by atoms with Crippen molar-refractivity contribution in [3.8, 4) is 5.75 Å². The number of carboxylic acid groups (broad SMARTS) is 1. The Morgan fingerprint density at radius 2 is 1.25 bits per heavy atom. The van der Waals surface area contributed by atoms with Crippen LogP contribution in [0.1, 0.15) is 95.8 Å². The molecule has 0 saturated heterocycles. The van der Waals surface area contributed by atoms with Crippen LogP contribution in [0, 0.1) is 11.8 Å². The monoisotopic (exact) mass is 604 g/mol. The van der Waals surface area contributed by atoms with Gasteiger partial charge in [0.2, 0.25) is 11.8 Å². The van der Waals surface area contributed by atoms with E-state index in [4.69, 9.17) is 0 Å². The molecule has 0 aliphatic heterocycles. The molecule has 2 amide bonds. The molecule has 1 aromatic rings. The largest absolute Gasteiger partial charge is 0.507 e. The quantitative estimate of drug-likeness (QED) is 0.0828. The first-order chi connectivity index (χ1) is 21.2. The van der Waals surface area contributed by atoms with Crippen molar-refractivity contribution in [1.82, 2.24) is 5.32 Å². The Morgan fingerprint density at radius 3 is 1.70 bits per heavy atom. The number of hydrogen-bond donors (Lipinski definition) is 4. The molecule has 0 radical (unpaired) electrons. The molecule has 0 aliphatic rings. The molecule has 240 valence electrons. The Bertz CT molecular complexity index is 1190. The van der Waals surface area contributed by atoms with E-state index in [0.717, 1.165) is 38.5 Å². The van der Waals surface area contributed by atoms with Crippen LogP contribution in [0.4, 0.5) is 5.69 Å². The number of rotatable bonds is 21. The molecular weight excluding hydrogens is 552 g/mol. The van der Waals surface area contributed by atoms with Gasteiger partial charge in [-0.05, 0) is 81.9 Å². The van der Waals surface area contributed by atoms with Crippen molar-refractivity contribution in [2.45, 2.75) is 91.5 Å². The molecule has 2 atom stereocenters. The zero-order valence-corrected chi connectivity index (χ0v) is 26.9. The number of anilines is 1. The number of carbonyl (C=O) groups excluding carboxylic acids is 2. The van der Waals surface area contributed by atoms with E-state index in [0.29, 0.717) is 19.3 Å². The molecule has 1 rings (SSSR count). The van der Waals surface area contributed by atoms with Gasteiger partial charge in [0, 0.05) is 11.6 Å². The van der Waals surface area contributed by atoms with Crippen molar-refractivity contribution in [2.75, 3.05) is 5.32 Å². The predicted octanol–water partition coefficient (Wildman–Crippen LogP) is 8.67. The third-order valence-electron chi connectivity index (χ3n) is 6.72. The van der Waals surface area contributed by atoms with E-state index in [1.165, 1.54) is 18.2 Å². The summed E-state index contributed by atoms with van der Waals surface area (Å²) in [5.41, 5.74) is -0.0760. The van der Waals surface area contributed by atoms with Crippen LogP contribution >= 0.6 is 0 Å². The Labute approximate surface area is 264 Å². The lowest BCUT2D eigenvalue weighted by Gasteiger charge is -2.23. The van der Waals surface area contributed by atoms with Crippen LogP contribution in [0.15, 0.2) is 91.1 Å². The van der Waals surface area contributed by atoms with E-state index < -0.39 is 17.9 Å². The van der Waals surface area contributed by atoms with Crippen LogP contribution in [0.3, 0.4) is 0 Å². The highest BCUT2D eigenvalue weighted by atomic mass is 16.4. The number of carboxylic acids is 1. The second-order valence-corrected chi connectivity index (χ2v) is 11.0. The summed E-state index contributed by atoms with van der Waals surface area (Å²) < 4.78 is 0. The highest BCUT2D eigenvalue weighted by Crippen LogP contribution is 2.22. The summed E-state index contributed by atoms with van der Waals surface area (Å²) in [6.07, 6.45) is 33.0. The van der Waals surface area contributed by atoms with Crippen molar-refractivity contribution < 1.29 is 24.6 Å². The fourth-order valence-corrected chi connectivity index (χ4v) is 4.25. The maximum absolute atomic E-state index is 13.1. The molecular formula is C37H52N2O5. The lowest BCUT2D eigenvalue weighted by molar-refractivity contribution is -0.129. The molecule has 2 unspecified atom stereocenters. The zero-order valence-electron chi connectivity index (χ0n) is 26.9. The van der Waals surface area contributed by atoms with E-state index in [9.17, 15) is 24.6 Å². The van der Waals surface area contributed by atoms with Crippen LogP contribution in [0.2, 0.25) is 0 Å². The summed E-state index contributed by atoms with van der Waals surface area (Å²) in [6.45, 7) is 8.01. The van der Waals surface area contributed by atoms with Gasteiger partial charge in [0.05, 0.1) is 0 Å². The summed E-state index contributed by atoms with van der Waals surface area (Å²) in [6, 6.07) is 3.06. The first-order valence-electron chi connectivity index (χ1n) is 15.8. The van der Waals surface area contributed by atoms with E-state index in [-0.39, 0.29) is 34.7 Å². The van der Waals surface area contributed by atoms with Crippen LogP contribution in [0.25, 0.3) is 0 Å². The van der Waals surface area contributed by atoms with Gasteiger partial charge in [0.15, 0.2) is 0 Å². The van der Waals surface area contributed by atoms with Gasteiger partial charge in [0.25, 0.3) is 0 Å². The molecule has 4 N–H and O–H groups in total. The smallest absolute Gasteiger partial charge is 0.339 e. The summed E-state index contributed by atoms with van der Waals surface area (Å²) in [5.74, 6) is -2.44. The number of hydrogen-bond acceptors (Lipinski definition) is 4. The minimum atomic E-state index is -1.30. The number of benzene rings is 1. The number of nitrogens with one attached hydrogen (secondary N) is 2. The minimum absolute atomic E-state index is 0.142. The number of carbonyl (C=O) groups is 3. The third-order valence-corrected chi connectivity index (χ3v) is 6.72. The Kier molecular flexibility index (Phi) is 20.1. The molecule has 7 heteroatoms. The Hall–Kier alpha value is -4.13. The van der Waals surface area contributed by atoms with Gasteiger partial charge in [0.1, 0.15) is 17.4 Å². The van der Waals surface area contributed by atoms with E-state index >= 15 is 0 Å². The second-order valence-electron chi connectivity index (χ2n) is 11.0. The SMILES string of the molecule is CCC=CCC=CCC=CCC=CCC=CCC=CCC(CC)C(=O)NC(CC(C)C)C(=O)Nc1ccc(O)c(C(=O)O)c1. The van der Waals surface area contributed by atoms with Crippen molar-refractivity contribution in [1.29, 1.82) is 0 Å². The predicted molar refractivity (Wildman–Crippen MR) is 182 cm³/mol. The molecule has 0 bridgehead atoms.